The van der Waals surface area contributed by atoms with E-state index in [1.54, 1.807) is 0 Å². The van der Waals surface area contributed by atoms with Crippen molar-refractivity contribution in [1.82, 2.24) is 9.80 Å². The van der Waals surface area contributed by atoms with Crippen LogP contribution in [-0.2, 0) is 16.0 Å². The minimum Gasteiger partial charge on any atom is -0.342 e. The van der Waals surface area contributed by atoms with Crippen molar-refractivity contribution in [1.29, 1.82) is 0 Å². The second kappa shape index (κ2) is 7.86. The van der Waals surface area contributed by atoms with Crippen molar-refractivity contribution in [2.75, 3.05) is 37.7 Å². The lowest BCUT2D eigenvalue weighted by atomic mass is 9.95. The lowest BCUT2D eigenvalue weighted by Crippen LogP contribution is -2.49. The van der Waals surface area contributed by atoms with Gasteiger partial charge in [-0.3, -0.25) is 9.59 Å². The highest BCUT2D eigenvalue weighted by Crippen LogP contribution is 2.22. The molecule has 2 fully saturated rings. The topological polar surface area (TPSA) is 40.6 Å². The second-order valence-corrected chi connectivity index (χ2v) is 7.47. The molecule has 2 amide bonds. The summed E-state index contributed by atoms with van der Waals surface area (Å²) in [7, 11) is 0. The highest BCUT2D eigenvalue weighted by Gasteiger charge is 2.32. The van der Waals surface area contributed by atoms with E-state index in [1.807, 2.05) is 39.8 Å². The molecular weight excluding hydrogens is 308 g/mol. The molecule has 0 spiro atoms. The number of thioether (sulfide) groups is 1. The van der Waals surface area contributed by atoms with Gasteiger partial charge in [-0.1, -0.05) is 30.3 Å². The van der Waals surface area contributed by atoms with Gasteiger partial charge in [0, 0.05) is 44.1 Å². The van der Waals surface area contributed by atoms with Gasteiger partial charge >= 0.3 is 0 Å². The first-order chi connectivity index (χ1) is 11.2. The first-order valence-corrected chi connectivity index (χ1v) is 9.58. The third kappa shape index (κ3) is 4.28. The monoisotopic (exact) mass is 332 g/mol. The van der Waals surface area contributed by atoms with Crippen LogP contribution in [0.1, 0.15) is 18.4 Å². The molecule has 1 aromatic carbocycles. The van der Waals surface area contributed by atoms with Gasteiger partial charge in [0.2, 0.25) is 11.8 Å². The molecule has 3 rings (SSSR count). The molecule has 2 aliphatic rings. The summed E-state index contributed by atoms with van der Waals surface area (Å²) in [5.41, 5.74) is 1.24. The molecule has 0 bridgehead atoms. The number of likely N-dealkylation sites (tertiary alicyclic amines) is 1. The zero-order valence-corrected chi connectivity index (χ0v) is 14.3. The minimum atomic E-state index is -0.00780. The van der Waals surface area contributed by atoms with Crippen LogP contribution in [0.15, 0.2) is 30.3 Å². The van der Waals surface area contributed by atoms with E-state index in [1.165, 1.54) is 5.56 Å². The first-order valence-electron chi connectivity index (χ1n) is 8.42. The molecule has 124 valence electrons. The predicted octanol–water partition coefficient (Wildman–Crippen LogP) is 2.04. The highest BCUT2D eigenvalue weighted by molar-refractivity contribution is 7.99. The number of hydrogen-bond acceptors (Lipinski definition) is 3. The number of piperidine rings is 1. The lowest BCUT2D eigenvalue weighted by Gasteiger charge is -2.36. The molecular formula is C18H24N2O2S. The van der Waals surface area contributed by atoms with Crippen molar-refractivity contribution in [2.45, 2.75) is 19.3 Å². The minimum absolute atomic E-state index is 0.00780. The number of carbonyl (C=O) groups is 2. The van der Waals surface area contributed by atoms with Crippen LogP contribution in [0.4, 0.5) is 0 Å². The molecule has 4 nitrogen and oxygen atoms in total. The Labute approximate surface area is 142 Å². The van der Waals surface area contributed by atoms with Crippen LogP contribution in [0.25, 0.3) is 0 Å². The van der Waals surface area contributed by atoms with E-state index < -0.39 is 0 Å². The number of hydrogen-bond donors (Lipinski definition) is 0. The molecule has 2 heterocycles. The molecule has 5 heteroatoms. The Bertz CT molecular complexity index is 543. The molecule has 0 aliphatic carbocycles. The van der Waals surface area contributed by atoms with Gasteiger partial charge in [-0.15, -0.1) is 0 Å². The Morgan fingerprint density at radius 1 is 1.17 bits per heavy atom. The number of nitrogens with zero attached hydrogens (tertiary/aromatic N) is 2. The maximum Gasteiger partial charge on any atom is 0.227 e. The van der Waals surface area contributed by atoms with E-state index in [2.05, 4.69) is 12.1 Å². The summed E-state index contributed by atoms with van der Waals surface area (Å²) in [5, 5.41) is 0. The maximum absolute atomic E-state index is 12.7. The van der Waals surface area contributed by atoms with Crippen LogP contribution in [0.5, 0.6) is 0 Å². The van der Waals surface area contributed by atoms with Crippen LogP contribution in [0.2, 0.25) is 0 Å². The number of benzene rings is 1. The Balaban J connectivity index is 1.55. The zero-order chi connectivity index (χ0) is 16.1. The van der Waals surface area contributed by atoms with Crippen LogP contribution in [0.3, 0.4) is 0 Å². The third-order valence-electron chi connectivity index (χ3n) is 4.69. The predicted molar refractivity (Wildman–Crippen MR) is 93.4 cm³/mol. The van der Waals surface area contributed by atoms with E-state index >= 15 is 0 Å². The van der Waals surface area contributed by atoms with Gasteiger partial charge in [0.1, 0.15) is 0 Å². The van der Waals surface area contributed by atoms with Gasteiger partial charge in [-0.25, -0.2) is 0 Å². The fourth-order valence-corrected chi connectivity index (χ4v) is 4.19. The Hall–Kier alpha value is -1.49. The van der Waals surface area contributed by atoms with E-state index in [9.17, 15) is 9.59 Å². The summed E-state index contributed by atoms with van der Waals surface area (Å²) >= 11 is 1.91. The van der Waals surface area contributed by atoms with E-state index in [-0.39, 0.29) is 17.7 Å². The van der Waals surface area contributed by atoms with Gasteiger partial charge in [-0.05, 0) is 18.4 Å². The SMILES string of the molecule is O=C1CCC(C(=O)N2CCSCC2)CN1CCc1ccccc1. The highest BCUT2D eigenvalue weighted by atomic mass is 32.2. The zero-order valence-electron chi connectivity index (χ0n) is 13.4. The molecule has 1 atom stereocenters. The summed E-state index contributed by atoms with van der Waals surface area (Å²) in [5.74, 6) is 2.51. The van der Waals surface area contributed by atoms with Gasteiger partial charge in [-0.2, -0.15) is 11.8 Å². The summed E-state index contributed by atoms with van der Waals surface area (Å²) < 4.78 is 0. The van der Waals surface area contributed by atoms with Crippen molar-refractivity contribution in [3.63, 3.8) is 0 Å². The number of rotatable bonds is 4. The average Bonchev–Trinajstić information content (AvgIpc) is 2.62. The fourth-order valence-electron chi connectivity index (χ4n) is 3.28. The average molecular weight is 332 g/mol. The smallest absolute Gasteiger partial charge is 0.227 e. The fraction of sp³-hybridized carbons (Fsp3) is 0.556. The van der Waals surface area contributed by atoms with Crippen LogP contribution < -0.4 is 0 Å². The van der Waals surface area contributed by atoms with Gasteiger partial charge in [0.15, 0.2) is 0 Å². The Kier molecular flexibility index (Phi) is 5.60. The first kappa shape index (κ1) is 16.4. The molecule has 2 aliphatic heterocycles. The van der Waals surface area contributed by atoms with Crippen molar-refractivity contribution >= 4 is 23.6 Å². The van der Waals surface area contributed by atoms with E-state index in [0.29, 0.717) is 25.9 Å². The summed E-state index contributed by atoms with van der Waals surface area (Å²) in [4.78, 5) is 28.7. The molecule has 1 aromatic rings. The quantitative estimate of drug-likeness (QED) is 0.847. The second-order valence-electron chi connectivity index (χ2n) is 6.25. The van der Waals surface area contributed by atoms with Crippen LogP contribution in [-0.4, -0.2) is 59.3 Å². The normalized spacial score (nSPS) is 22.3. The number of amides is 2. The molecule has 0 aromatic heterocycles. The summed E-state index contributed by atoms with van der Waals surface area (Å²) in [6.07, 6.45) is 2.07. The lowest BCUT2D eigenvalue weighted by molar-refractivity contribution is -0.142. The van der Waals surface area contributed by atoms with E-state index in [0.717, 1.165) is 31.0 Å². The summed E-state index contributed by atoms with van der Waals surface area (Å²) in [6.45, 7) is 3.02. The van der Waals surface area contributed by atoms with Gasteiger partial charge in [0.05, 0.1) is 5.92 Å². The molecule has 23 heavy (non-hydrogen) atoms. The molecule has 0 N–H and O–H groups in total. The standard InChI is InChI=1S/C18H24N2O2S/c21-17-7-6-16(18(22)19-10-12-23-13-11-19)14-20(17)9-8-15-4-2-1-3-5-15/h1-5,16H,6-14H2. The van der Waals surface area contributed by atoms with E-state index in [4.69, 9.17) is 0 Å². The maximum atomic E-state index is 12.7. The van der Waals surface area contributed by atoms with Gasteiger partial charge in [0.25, 0.3) is 0 Å². The van der Waals surface area contributed by atoms with Crippen molar-refractivity contribution in [2.24, 2.45) is 5.92 Å². The van der Waals surface area contributed by atoms with Crippen LogP contribution in [0, 0.1) is 5.92 Å². The molecule has 1 unspecified atom stereocenters. The van der Waals surface area contributed by atoms with Gasteiger partial charge < -0.3 is 9.80 Å². The molecule has 0 radical (unpaired) electrons. The summed E-state index contributed by atoms with van der Waals surface area (Å²) in [6, 6.07) is 10.2. The third-order valence-corrected chi connectivity index (χ3v) is 5.63. The van der Waals surface area contributed by atoms with Crippen molar-refractivity contribution in [3.8, 4) is 0 Å². The van der Waals surface area contributed by atoms with Crippen LogP contribution >= 0.6 is 11.8 Å². The Morgan fingerprint density at radius 2 is 1.91 bits per heavy atom. The Morgan fingerprint density at radius 3 is 2.65 bits per heavy atom. The molecule has 0 saturated carbocycles. The van der Waals surface area contributed by atoms with Crippen molar-refractivity contribution < 1.29 is 9.59 Å². The largest absolute Gasteiger partial charge is 0.342 e. The molecule has 2 saturated heterocycles. The van der Waals surface area contributed by atoms with Crippen molar-refractivity contribution in [3.05, 3.63) is 35.9 Å². The number of carbonyl (C=O) groups excluding carboxylic acids is 2.